The highest BCUT2D eigenvalue weighted by Gasteiger charge is 2.56. The van der Waals surface area contributed by atoms with Crippen molar-refractivity contribution >= 4 is 6.09 Å². The Morgan fingerprint density at radius 2 is 1.72 bits per heavy atom. The summed E-state index contributed by atoms with van der Waals surface area (Å²) >= 11 is 0. The molecular weight excluding hydrogens is 520 g/mol. The van der Waals surface area contributed by atoms with E-state index < -0.39 is 48.4 Å². The zero-order valence-corrected chi connectivity index (χ0v) is 21.7. The van der Waals surface area contributed by atoms with Gasteiger partial charge in [0, 0.05) is 18.7 Å². The molecule has 13 heteroatoms. The van der Waals surface area contributed by atoms with Gasteiger partial charge in [-0.15, -0.1) is 5.10 Å². The van der Waals surface area contributed by atoms with Gasteiger partial charge in [0.2, 0.25) is 0 Å². The molecule has 210 valence electrons. The topological polar surface area (TPSA) is 94.4 Å². The molecule has 0 bridgehead atoms. The van der Waals surface area contributed by atoms with E-state index in [0.717, 1.165) is 10.5 Å². The Balaban J connectivity index is 1.86. The van der Waals surface area contributed by atoms with Crippen LogP contribution in [0.3, 0.4) is 0 Å². The number of tetrazole rings is 1. The van der Waals surface area contributed by atoms with Gasteiger partial charge >= 0.3 is 12.3 Å². The minimum Gasteiger partial charge on any atom is -0.444 e. The molecule has 2 aromatic carbocycles. The third-order valence-electron chi connectivity index (χ3n) is 6.34. The van der Waals surface area contributed by atoms with Crippen LogP contribution in [0.1, 0.15) is 50.2 Å². The molecule has 1 N–H and O–H groups in total. The standard InChI is InChI=1S/C26H30F4N6O3/c1-24(2,3)39-23(37)35-16-20(36-22(26(28,29)30)32-33-34-36)14-21(31-15-18-10-6-4-7-11-18)25(35,38-17-27)19-12-8-5-9-13-19/h4-13,20-21,31H,14-17H2,1-3H3/t20?,21-,25-/m0/s1. The lowest BCUT2D eigenvalue weighted by Gasteiger charge is -2.53. The molecule has 0 aliphatic carbocycles. The third-order valence-corrected chi connectivity index (χ3v) is 6.34. The first-order valence-corrected chi connectivity index (χ1v) is 12.3. The maximum absolute atomic E-state index is 14.2. The Hall–Kier alpha value is -3.58. The minimum absolute atomic E-state index is 0.0326. The van der Waals surface area contributed by atoms with Gasteiger partial charge in [0.05, 0.1) is 12.1 Å². The average molecular weight is 551 g/mol. The van der Waals surface area contributed by atoms with Gasteiger partial charge in [-0.25, -0.2) is 13.9 Å². The second kappa shape index (κ2) is 11.3. The third kappa shape index (κ3) is 6.19. The number of nitrogens with zero attached hydrogens (tertiary/aromatic N) is 5. The summed E-state index contributed by atoms with van der Waals surface area (Å²) in [6, 6.07) is 15.8. The molecule has 1 amide bonds. The van der Waals surface area contributed by atoms with Gasteiger partial charge in [-0.1, -0.05) is 60.7 Å². The molecule has 1 aliphatic rings. The summed E-state index contributed by atoms with van der Waals surface area (Å²) in [5, 5.41) is 13.3. The van der Waals surface area contributed by atoms with Crippen molar-refractivity contribution in [1.29, 1.82) is 0 Å². The first-order valence-electron chi connectivity index (χ1n) is 12.3. The SMILES string of the molecule is CC(C)(C)OC(=O)N1CC(n2nnnc2C(F)(F)F)C[C@H](NCc2ccccc2)[C@@]1(OCF)c1ccccc1. The number of carbonyl (C=O) groups is 1. The molecule has 3 atom stereocenters. The van der Waals surface area contributed by atoms with Crippen LogP contribution >= 0.6 is 0 Å². The van der Waals surface area contributed by atoms with Crippen molar-refractivity contribution in [2.24, 2.45) is 0 Å². The van der Waals surface area contributed by atoms with E-state index in [2.05, 4.69) is 20.8 Å². The van der Waals surface area contributed by atoms with Crippen LogP contribution in [0.4, 0.5) is 22.4 Å². The molecule has 0 saturated carbocycles. The number of alkyl halides is 4. The van der Waals surface area contributed by atoms with E-state index in [9.17, 15) is 22.4 Å². The molecule has 39 heavy (non-hydrogen) atoms. The predicted octanol–water partition coefficient (Wildman–Crippen LogP) is 4.83. The van der Waals surface area contributed by atoms with Crippen LogP contribution in [-0.2, 0) is 27.9 Å². The Kier molecular flexibility index (Phi) is 8.21. The highest BCUT2D eigenvalue weighted by atomic mass is 19.4. The van der Waals surface area contributed by atoms with Crippen molar-refractivity contribution in [2.75, 3.05) is 13.4 Å². The van der Waals surface area contributed by atoms with Crippen LogP contribution in [0.5, 0.6) is 0 Å². The second-order valence-corrected chi connectivity index (χ2v) is 10.2. The molecule has 9 nitrogen and oxygen atoms in total. The molecule has 1 aromatic heterocycles. The van der Waals surface area contributed by atoms with Gasteiger partial charge in [0.1, 0.15) is 5.60 Å². The summed E-state index contributed by atoms with van der Waals surface area (Å²) in [5.41, 5.74) is -1.44. The van der Waals surface area contributed by atoms with Gasteiger partial charge < -0.3 is 14.8 Å². The van der Waals surface area contributed by atoms with E-state index in [4.69, 9.17) is 9.47 Å². The molecule has 0 spiro atoms. The largest absolute Gasteiger partial charge is 0.453 e. The van der Waals surface area contributed by atoms with E-state index in [-0.39, 0.29) is 19.5 Å². The van der Waals surface area contributed by atoms with E-state index in [1.54, 1.807) is 51.1 Å². The average Bonchev–Trinajstić information content (AvgIpc) is 3.39. The number of rotatable bonds is 7. The summed E-state index contributed by atoms with van der Waals surface area (Å²) in [5.74, 6) is -1.31. The maximum atomic E-state index is 14.2. The van der Waals surface area contributed by atoms with Crippen molar-refractivity contribution < 1.29 is 31.8 Å². The fourth-order valence-electron chi connectivity index (χ4n) is 4.81. The zero-order chi connectivity index (χ0) is 28.3. The lowest BCUT2D eigenvalue weighted by molar-refractivity contribution is -0.218. The first kappa shape index (κ1) is 28.4. The lowest BCUT2D eigenvalue weighted by atomic mass is 9.84. The first-order chi connectivity index (χ1) is 18.5. The Bertz CT molecular complexity index is 1240. The second-order valence-electron chi connectivity index (χ2n) is 10.2. The number of likely N-dealkylation sites (tertiary alicyclic amines) is 1. The van der Waals surface area contributed by atoms with Crippen molar-refractivity contribution in [1.82, 2.24) is 30.4 Å². The van der Waals surface area contributed by atoms with Crippen molar-refractivity contribution in [3.63, 3.8) is 0 Å². The predicted molar refractivity (Wildman–Crippen MR) is 132 cm³/mol. The molecule has 4 rings (SSSR count). The number of piperidine rings is 1. The fraction of sp³-hybridized carbons (Fsp3) is 0.462. The number of nitrogens with one attached hydrogen (secondary N) is 1. The zero-order valence-electron chi connectivity index (χ0n) is 21.7. The van der Waals surface area contributed by atoms with Gasteiger partial charge in [-0.05, 0) is 43.2 Å². The quantitative estimate of drug-likeness (QED) is 0.421. The Morgan fingerprint density at radius 1 is 1.08 bits per heavy atom. The van der Waals surface area contributed by atoms with Gasteiger partial charge in [0.15, 0.2) is 12.6 Å². The minimum atomic E-state index is -4.84. The summed E-state index contributed by atoms with van der Waals surface area (Å²) < 4.78 is 67.6. The van der Waals surface area contributed by atoms with E-state index >= 15 is 0 Å². The normalized spacial score (nSPS) is 22.1. The molecule has 3 aromatic rings. The Morgan fingerprint density at radius 3 is 2.31 bits per heavy atom. The number of benzene rings is 2. The molecule has 1 aliphatic heterocycles. The summed E-state index contributed by atoms with van der Waals surface area (Å²) in [6.07, 6.45) is -5.76. The maximum Gasteiger partial charge on any atom is 0.453 e. The molecule has 1 fully saturated rings. The van der Waals surface area contributed by atoms with Crippen molar-refractivity contribution in [3.8, 4) is 0 Å². The fourth-order valence-corrected chi connectivity index (χ4v) is 4.81. The number of carbonyl (C=O) groups excluding carboxylic acids is 1. The van der Waals surface area contributed by atoms with Crippen LogP contribution in [-0.4, -0.2) is 56.2 Å². The number of hydrogen-bond donors (Lipinski definition) is 1. The summed E-state index contributed by atoms with van der Waals surface area (Å²) in [7, 11) is 0. The Labute approximate surface area is 223 Å². The van der Waals surface area contributed by atoms with Crippen LogP contribution in [0.25, 0.3) is 0 Å². The van der Waals surface area contributed by atoms with E-state index in [1.165, 1.54) is 0 Å². The van der Waals surface area contributed by atoms with Crippen LogP contribution in [0.15, 0.2) is 60.7 Å². The molecular formula is C26H30F4N6O3. The van der Waals surface area contributed by atoms with Gasteiger partial charge in [-0.2, -0.15) is 13.2 Å². The number of halogens is 4. The molecule has 2 heterocycles. The van der Waals surface area contributed by atoms with Crippen LogP contribution in [0, 0.1) is 0 Å². The number of amides is 1. The lowest BCUT2D eigenvalue weighted by Crippen LogP contribution is -2.67. The van der Waals surface area contributed by atoms with E-state index in [1.807, 2.05) is 30.3 Å². The highest BCUT2D eigenvalue weighted by molar-refractivity contribution is 5.70. The van der Waals surface area contributed by atoms with Crippen molar-refractivity contribution in [3.05, 3.63) is 77.6 Å². The van der Waals surface area contributed by atoms with Crippen molar-refractivity contribution in [2.45, 2.75) is 63.3 Å². The monoisotopic (exact) mass is 550 g/mol. The van der Waals surface area contributed by atoms with Gasteiger partial charge in [0.25, 0.3) is 5.82 Å². The van der Waals surface area contributed by atoms with E-state index in [0.29, 0.717) is 10.2 Å². The van der Waals surface area contributed by atoms with Crippen LogP contribution in [0.2, 0.25) is 0 Å². The smallest absolute Gasteiger partial charge is 0.444 e. The highest BCUT2D eigenvalue weighted by Crippen LogP contribution is 2.44. The summed E-state index contributed by atoms with van der Waals surface area (Å²) in [4.78, 5) is 14.8. The summed E-state index contributed by atoms with van der Waals surface area (Å²) in [6.45, 7) is 3.59. The molecule has 1 saturated heterocycles. The molecule has 0 radical (unpaired) electrons. The van der Waals surface area contributed by atoms with Gasteiger partial charge in [-0.3, -0.25) is 4.90 Å². The number of hydrogen-bond acceptors (Lipinski definition) is 7. The molecule has 1 unspecified atom stereocenters. The number of aromatic nitrogens is 4. The van der Waals surface area contributed by atoms with Crippen LogP contribution < -0.4 is 5.32 Å². The number of ether oxygens (including phenoxy) is 2.